The van der Waals surface area contributed by atoms with Crippen molar-refractivity contribution in [1.29, 1.82) is 0 Å². The number of H-pyrrole nitrogens is 1. The molecule has 15 heavy (non-hydrogen) atoms. The standard InChI is InChI=1S/C13H15NO/c1-3-10-5-4-6-12-11(7-8-15)9(2)14-13(10)12/h4-6,8,14H,3,7H2,1-2H3. The fraction of sp³-hybridized carbons (Fsp3) is 0.308. The third-order valence-electron chi connectivity index (χ3n) is 2.91. The number of hydrogen-bond donors (Lipinski definition) is 1. The van der Waals surface area contributed by atoms with Crippen molar-refractivity contribution in [3.8, 4) is 0 Å². The van der Waals surface area contributed by atoms with Crippen LogP contribution < -0.4 is 0 Å². The number of fused-ring (bicyclic) bond motifs is 1. The second kappa shape index (κ2) is 3.89. The molecular formula is C13H15NO. The first kappa shape index (κ1) is 9.97. The second-order valence-electron chi connectivity index (χ2n) is 3.79. The van der Waals surface area contributed by atoms with Gasteiger partial charge in [-0.25, -0.2) is 0 Å². The van der Waals surface area contributed by atoms with Crippen LogP contribution in [-0.2, 0) is 17.6 Å². The Labute approximate surface area is 89.3 Å². The molecule has 2 nitrogen and oxygen atoms in total. The average Bonchev–Trinajstić information content (AvgIpc) is 2.56. The lowest BCUT2D eigenvalue weighted by Gasteiger charge is -1.99. The minimum atomic E-state index is 0.499. The smallest absolute Gasteiger partial charge is 0.124 e. The van der Waals surface area contributed by atoms with E-state index >= 15 is 0 Å². The van der Waals surface area contributed by atoms with Gasteiger partial charge in [-0.05, 0) is 24.5 Å². The first-order valence-corrected chi connectivity index (χ1v) is 5.30. The zero-order valence-electron chi connectivity index (χ0n) is 9.13. The molecule has 1 heterocycles. The van der Waals surface area contributed by atoms with Crippen molar-refractivity contribution in [3.63, 3.8) is 0 Å². The van der Waals surface area contributed by atoms with Crippen molar-refractivity contribution in [1.82, 2.24) is 4.98 Å². The minimum absolute atomic E-state index is 0.499. The summed E-state index contributed by atoms with van der Waals surface area (Å²) in [4.78, 5) is 14.0. The molecule has 0 saturated carbocycles. The number of carbonyl (C=O) groups excluding carboxylic acids is 1. The SMILES string of the molecule is CCc1cccc2c(CC=O)c(C)[nH]c12. The topological polar surface area (TPSA) is 32.9 Å². The highest BCUT2D eigenvalue weighted by Crippen LogP contribution is 2.25. The fourth-order valence-electron chi connectivity index (χ4n) is 2.11. The number of carbonyl (C=O) groups is 1. The molecule has 1 N–H and O–H groups in total. The molecule has 2 heteroatoms. The van der Waals surface area contributed by atoms with Gasteiger partial charge in [0, 0.05) is 23.0 Å². The van der Waals surface area contributed by atoms with Crippen LogP contribution in [0.5, 0.6) is 0 Å². The van der Waals surface area contributed by atoms with Crippen LogP contribution >= 0.6 is 0 Å². The fourth-order valence-corrected chi connectivity index (χ4v) is 2.11. The van der Waals surface area contributed by atoms with E-state index in [1.54, 1.807) is 0 Å². The van der Waals surface area contributed by atoms with E-state index in [0.29, 0.717) is 6.42 Å². The van der Waals surface area contributed by atoms with E-state index in [1.165, 1.54) is 16.5 Å². The summed E-state index contributed by atoms with van der Waals surface area (Å²) in [5, 5.41) is 1.19. The summed E-state index contributed by atoms with van der Waals surface area (Å²) in [7, 11) is 0. The van der Waals surface area contributed by atoms with E-state index in [-0.39, 0.29) is 0 Å². The van der Waals surface area contributed by atoms with E-state index < -0.39 is 0 Å². The summed E-state index contributed by atoms with van der Waals surface area (Å²) >= 11 is 0. The third-order valence-corrected chi connectivity index (χ3v) is 2.91. The molecule has 2 rings (SSSR count). The first-order chi connectivity index (χ1) is 7.27. The molecule has 1 aromatic carbocycles. The highest BCUT2D eigenvalue weighted by molar-refractivity contribution is 5.89. The molecule has 0 aliphatic rings. The predicted octanol–water partition coefficient (Wildman–Crippen LogP) is 2.78. The molecule has 0 fully saturated rings. The normalized spacial score (nSPS) is 10.8. The van der Waals surface area contributed by atoms with Gasteiger partial charge in [-0.15, -0.1) is 0 Å². The van der Waals surface area contributed by atoms with E-state index in [1.807, 2.05) is 6.92 Å². The van der Waals surface area contributed by atoms with Gasteiger partial charge >= 0.3 is 0 Å². The Balaban J connectivity index is 2.72. The van der Waals surface area contributed by atoms with Gasteiger partial charge < -0.3 is 9.78 Å². The van der Waals surface area contributed by atoms with E-state index in [2.05, 4.69) is 30.1 Å². The summed E-state index contributed by atoms with van der Waals surface area (Å²) in [6.07, 6.45) is 2.48. The lowest BCUT2D eigenvalue weighted by atomic mass is 10.0. The lowest BCUT2D eigenvalue weighted by Crippen LogP contribution is -1.86. The molecule has 0 radical (unpaired) electrons. The van der Waals surface area contributed by atoms with Crippen LogP contribution in [0.15, 0.2) is 18.2 Å². The number of hydrogen-bond acceptors (Lipinski definition) is 1. The van der Waals surface area contributed by atoms with Gasteiger partial charge in [0.2, 0.25) is 0 Å². The quantitative estimate of drug-likeness (QED) is 0.761. The summed E-state index contributed by atoms with van der Waals surface area (Å²) < 4.78 is 0. The molecule has 0 aliphatic heterocycles. The molecule has 1 aromatic heterocycles. The van der Waals surface area contributed by atoms with Crippen molar-refractivity contribution >= 4 is 17.2 Å². The molecule has 0 unspecified atom stereocenters. The van der Waals surface area contributed by atoms with Crippen LogP contribution in [0.2, 0.25) is 0 Å². The van der Waals surface area contributed by atoms with Gasteiger partial charge in [0.1, 0.15) is 6.29 Å². The van der Waals surface area contributed by atoms with Gasteiger partial charge in [-0.2, -0.15) is 0 Å². The Morgan fingerprint density at radius 3 is 2.87 bits per heavy atom. The monoisotopic (exact) mass is 201 g/mol. The first-order valence-electron chi connectivity index (χ1n) is 5.30. The molecule has 0 spiro atoms. The lowest BCUT2D eigenvalue weighted by molar-refractivity contribution is -0.107. The van der Waals surface area contributed by atoms with E-state index in [9.17, 15) is 4.79 Å². The van der Waals surface area contributed by atoms with E-state index in [4.69, 9.17) is 0 Å². The number of aldehydes is 1. The molecular weight excluding hydrogens is 186 g/mol. The number of para-hydroxylation sites is 1. The molecule has 0 amide bonds. The second-order valence-corrected chi connectivity index (χ2v) is 3.79. The van der Waals surface area contributed by atoms with Gasteiger partial charge in [0.05, 0.1) is 0 Å². The Hall–Kier alpha value is -1.57. The largest absolute Gasteiger partial charge is 0.358 e. The number of benzene rings is 1. The molecule has 78 valence electrons. The predicted molar refractivity (Wildman–Crippen MR) is 62.2 cm³/mol. The van der Waals surface area contributed by atoms with E-state index in [0.717, 1.165) is 24.0 Å². The van der Waals surface area contributed by atoms with Gasteiger partial charge in [0.25, 0.3) is 0 Å². The van der Waals surface area contributed by atoms with Crippen molar-refractivity contribution in [2.24, 2.45) is 0 Å². The highest BCUT2D eigenvalue weighted by atomic mass is 16.1. The van der Waals surface area contributed by atoms with Crippen molar-refractivity contribution in [3.05, 3.63) is 35.0 Å². The zero-order valence-corrected chi connectivity index (χ0v) is 9.13. The van der Waals surface area contributed by atoms with Crippen LogP contribution in [0.1, 0.15) is 23.7 Å². The Bertz CT molecular complexity index is 496. The minimum Gasteiger partial charge on any atom is -0.358 e. The maximum atomic E-state index is 10.6. The van der Waals surface area contributed by atoms with Crippen LogP contribution in [0.3, 0.4) is 0 Å². The summed E-state index contributed by atoms with van der Waals surface area (Å²) in [5.41, 5.74) is 4.75. The van der Waals surface area contributed by atoms with Crippen LogP contribution in [-0.4, -0.2) is 11.3 Å². The average molecular weight is 201 g/mol. The maximum Gasteiger partial charge on any atom is 0.124 e. The van der Waals surface area contributed by atoms with Crippen molar-refractivity contribution in [2.45, 2.75) is 26.7 Å². The van der Waals surface area contributed by atoms with Gasteiger partial charge in [-0.1, -0.05) is 25.1 Å². The Morgan fingerprint density at radius 1 is 1.40 bits per heavy atom. The number of aromatic amines is 1. The molecule has 2 aromatic rings. The zero-order chi connectivity index (χ0) is 10.8. The van der Waals surface area contributed by atoms with Gasteiger partial charge in [-0.3, -0.25) is 0 Å². The van der Waals surface area contributed by atoms with Crippen molar-refractivity contribution in [2.75, 3.05) is 0 Å². The molecule has 0 atom stereocenters. The van der Waals surface area contributed by atoms with Gasteiger partial charge in [0.15, 0.2) is 0 Å². The Morgan fingerprint density at radius 2 is 2.20 bits per heavy atom. The van der Waals surface area contributed by atoms with Crippen LogP contribution in [0, 0.1) is 6.92 Å². The highest BCUT2D eigenvalue weighted by Gasteiger charge is 2.09. The molecule has 0 aliphatic carbocycles. The number of nitrogens with one attached hydrogen (secondary N) is 1. The number of aromatic nitrogens is 1. The maximum absolute atomic E-state index is 10.6. The third kappa shape index (κ3) is 1.56. The number of rotatable bonds is 3. The summed E-state index contributed by atoms with van der Waals surface area (Å²) in [6.45, 7) is 4.17. The Kier molecular flexibility index (Phi) is 2.58. The van der Waals surface area contributed by atoms with Crippen LogP contribution in [0.25, 0.3) is 10.9 Å². The van der Waals surface area contributed by atoms with Crippen molar-refractivity contribution < 1.29 is 4.79 Å². The van der Waals surface area contributed by atoms with Crippen LogP contribution in [0.4, 0.5) is 0 Å². The number of aryl methyl sites for hydroxylation is 2. The molecule has 0 bridgehead atoms. The summed E-state index contributed by atoms with van der Waals surface area (Å²) in [6, 6.07) is 6.27. The molecule has 0 saturated heterocycles. The summed E-state index contributed by atoms with van der Waals surface area (Å²) in [5.74, 6) is 0.